The van der Waals surface area contributed by atoms with Crippen LogP contribution in [-0.2, 0) is 7.05 Å². The molecule has 3 rings (SSSR count). The molecule has 0 radical (unpaired) electrons. The van der Waals surface area contributed by atoms with E-state index in [0.29, 0.717) is 16.7 Å². The number of para-hydroxylation sites is 1. The highest BCUT2D eigenvalue weighted by Gasteiger charge is 2.15. The van der Waals surface area contributed by atoms with Gasteiger partial charge in [-0.3, -0.25) is 0 Å². The van der Waals surface area contributed by atoms with Crippen molar-refractivity contribution in [2.75, 3.05) is 12.4 Å². The maximum absolute atomic E-state index is 10.3. The van der Waals surface area contributed by atoms with E-state index >= 15 is 0 Å². The van der Waals surface area contributed by atoms with Crippen molar-refractivity contribution in [2.24, 2.45) is 7.05 Å². The van der Waals surface area contributed by atoms with E-state index in [9.17, 15) is 5.11 Å². The van der Waals surface area contributed by atoms with Gasteiger partial charge in [-0.25, -0.2) is 0 Å². The lowest BCUT2D eigenvalue weighted by Gasteiger charge is -2.16. The molecule has 0 unspecified atom stereocenters. The Kier molecular flexibility index (Phi) is 6.99. The second-order valence-corrected chi connectivity index (χ2v) is 8.26. The number of aliphatic hydroxyl groups excluding tert-OH is 1. The van der Waals surface area contributed by atoms with Crippen LogP contribution in [0, 0.1) is 0 Å². The smallest absolute Gasteiger partial charge is 0.191 e. The molecule has 1 atom stereocenters. The standard InChI is InChI=1S/C21H24ClN3O2S/c1-14(2)18-6-4-5-7-19(18)27-12-17(26)13-28-21-24-23-20(25(21)3)15-8-10-16(22)11-9-15/h4-11,14,17,26H,12-13H2,1-3H3/t17-/m0/s1. The van der Waals surface area contributed by atoms with Gasteiger partial charge >= 0.3 is 0 Å². The van der Waals surface area contributed by atoms with Crippen molar-refractivity contribution in [3.8, 4) is 17.1 Å². The Morgan fingerprint density at radius 2 is 1.82 bits per heavy atom. The summed E-state index contributed by atoms with van der Waals surface area (Å²) in [5.41, 5.74) is 2.09. The van der Waals surface area contributed by atoms with Crippen LogP contribution in [-0.4, -0.2) is 38.3 Å². The highest BCUT2D eigenvalue weighted by Crippen LogP contribution is 2.27. The van der Waals surface area contributed by atoms with Gasteiger partial charge < -0.3 is 14.4 Å². The minimum absolute atomic E-state index is 0.235. The van der Waals surface area contributed by atoms with Crippen molar-refractivity contribution < 1.29 is 9.84 Å². The van der Waals surface area contributed by atoms with Gasteiger partial charge in [0, 0.05) is 23.4 Å². The molecular weight excluding hydrogens is 394 g/mol. The highest BCUT2D eigenvalue weighted by atomic mass is 35.5. The van der Waals surface area contributed by atoms with E-state index in [1.165, 1.54) is 11.8 Å². The van der Waals surface area contributed by atoms with Gasteiger partial charge in [-0.1, -0.05) is 55.4 Å². The van der Waals surface area contributed by atoms with Crippen molar-refractivity contribution in [2.45, 2.75) is 31.0 Å². The summed E-state index contributed by atoms with van der Waals surface area (Å²) >= 11 is 7.40. The molecule has 7 heteroatoms. The van der Waals surface area contributed by atoms with Gasteiger partial charge in [0.15, 0.2) is 11.0 Å². The van der Waals surface area contributed by atoms with Crippen LogP contribution in [0.25, 0.3) is 11.4 Å². The minimum Gasteiger partial charge on any atom is -0.491 e. The average molecular weight is 418 g/mol. The number of rotatable bonds is 8. The Hall–Kier alpha value is -2.02. The molecule has 28 heavy (non-hydrogen) atoms. The Balaban J connectivity index is 1.57. The number of halogens is 1. The number of hydrogen-bond acceptors (Lipinski definition) is 5. The van der Waals surface area contributed by atoms with Gasteiger partial charge in [0.2, 0.25) is 0 Å². The maximum Gasteiger partial charge on any atom is 0.191 e. The van der Waals surface area contributed by atoms with Gasteiger partial charge in [-0.05, 0) is 41.8 Å². The largest absolute Gasteiger partial charge is 0.491 e. The van der Waals surface area contributed by atoms with Gasteiger partial charge in [-0.2, -0.15) is 0 Å². The number of aliphatic hydroxyl groups is 1. The van der Waals surface area contributed by atoms with E-state index in [1.807, 2.05) is 54.1 Å². The first kappa shape index (κ1) is 20.7. The van der Waals surface area contributed by atoms with E-state index < -0.39 is 6.10 Å². The molecule has 0 aliphatic heterocycles. The number of nitrogens with zero attached hydrogens (tertiary/aromatic N) is 3. The fraction of sp³-hybridized carbons (Fsp3) is 0.333. The number of benzene rings is 2. The lowest BCUT2D eigenvalue weighted by Crippen LogP contribution is -2.20. The molecule has 1 heterocycles. The van der Waals surface area contributed by atoms with Crippen LogP contribution in [0.2, 0.25) is 5.02 Å². The maximum atomic E-state index is 10.3. The predicted octanol–water partition coefficient (Wildman–Crippen LogP) is 4.79. The fourth-order valence-electron chi connectivity index (χ4n) is 2.78. The first-order valence-corrected chi connectivity index (χ1v) is 10.5. The Labute approximate surface area is 174 Å². The lowest BCUT2D eigenvalue weighted by molar-refractivity contribution is 0.125. The molecule has 0 aliphatic carbocycles. The third-order valence-corrected chi connectivity index (χ3v) is 5.73. The van der Waals surface area contributed by atoms with Gasteiger partial charge in [0.05, 0.1) is 6.10 Å². The third-order valence-electron chi connectivity index (χ3n) is 4.31. The molecule has 0 bridgehead atoms. The van der Waals surface area contributed by atoms with Crippen LogP contribution in [0.4, 0.5) is 0 Å². The molecule has 0 aliphatic rings. The summed E-state index contributed by atoms with van der Waals surface area (Å²) in [5.74, 6) is 2.42. The highest BCUT2D eigenvalue weighted by molar-refractivity contribution is 7.99. The molecule has 148 valence electrons. The Bertz CT molecular complexity index is 912. The molecule has 0 fully saturated rings. The quantitative estimate of drug-likeness (QED) is 0.534. The zero-order valence-electron chi connectivity index (χ0n) is 16.2. The zero-order valence-corrected chi connectivity index (χ0v) is 17.7. The van der Waals surface area contributed by atoms with E-state index in [1.54, 1.807) is 0 Å². The molecular formula is C21H24ClN3O2S. The van der Waals surface area contributed by atoms with Crippen LogP contribution in [0.1, 0.15) is 25.3 Å². The summed E-state index contributed by atoms with van der Waals surface area (Å²) in [6.45, 7) is 4.49. The van der Waals surface area contributed by atoms with Crippen LogP contribution in [0.5, 0.6) is 5.75 Å². The first-order chi connectivity index (χ1) is 13.5. The van der Waals surface area contributed by atoms with E-state index in [-0.39, 0.29) is 6.61 Å². The van der Waals surface area contributed by atoms with Gasteiger partial charge in [0.25, 0.3) is 0 Å². The summed E-state index contributed by atoms with van der Waals surface area (Å²) in [5, 5.41) is 20.2. The summed E-state index contributed by atoms with van der Waals surface area (Å²) in [6, 6.07) is 15.4. The van der Waals surface area contributed by atoms with Gasteiger partial charge in [0.1, 0.15) is 12.4 Å². The van der Waals surface area contributed by atoms with Crippen molar-refractivity contribution in [3.63, 3.8) is 0 Å². The van der Waals surface area contributed by atoms with Crippen molar-refractivity contribution >= 4 is 23.4 Å². The second kappa shape index (κ2) is 9.45. The minimum atomic E-state index is -0.610. The van der Waals surface area contributed by atoms with Crippen LogP contribution in [0.15, 0.2) is 53.7 Å². The molecule has 2 aromatic carbocycles. The molecule has 3 aromatic rings. The van der Waals surface area contributed by atoms with Crippen molar-refractivity contribution in [1.29, 1.82) is 0 Å². The Morgan fingerprint density at radius 3 is 2.54 bits per heavy atom. The first-order valence-electron chi connectivity index (χ1n) is 9.13. The molecule has 0 saturated heterocycles. The van der Waals surface area contributed by atoms with E-state index in [0.717, 1.165) is 27.9 Å². The number of hydrogen-bond donors (Lipinski definition) is 1. The normalized spacial score (nSPS) is 12.4. The van der Waals surface area contributed by atoms with Crippen LogP contribution < -0.4 is 4.74 Å². The number of thioether (sulfide) groups is 1. The predicted molar refractivity (Wildman–Crippen MR) is 114 cm³/mol. The monoisotopic (exact) mass is 417 g/mol. The molecule has 1 aromatic heterocycles. The summed E-state index contributed by atoms with van der Waals surface area (Å²) < 4.78 is 7.76. The molecule has 0 saturated carbocycles. The Morgan fingerprint density at radius 1 is 1.11 bits per heavy atom. The summed E-state index contributed by atoms with van der Waals surface area (Å²) in [7, 11) is 1.91. The average Bonchev–Trinajstić information content (AvgIpc) is 3.06. The van der Waals surface area contributed by atoms with E-state index in [4.69, 9.17) is 16.3 Å². The lowest BCUT2D eigenvalue weighted by atomic mass is 10.0. The number of aromatic nitrogens is 3. The van der Waals surface area contributed by atoms with Crippen molar-refractivity contribution in [1.82, 2.24) is 14.8 Å². The molecule has 5 nitrogen and oxygen atoms in total. The molecule has 1 N–H and O–H groups in total. The molecule has 0 amide bonds. The topological polar surface area (TPSA) is 60.2 Å². The van der Waals surface area contributed by atoms with Crippen LogP contribution >= 0.6 is 23.4 Å². The third kappa shape index (κ3) is 5.07. The number of ether oxygens (including phenoxy) is 1. The zero-order chi connectivity index (χ0) is 20.1. The fourth-order valence-corrected chi connectivity index (χ4v) is 3.73. The van der Waals surface area contributed by atoms with Gasteiger partial charge in [-0.15, -0.1) is 10.2 Å². The second-order valence-electron chi connectivity index (χ2n) is 6.84. The van der Waals surface area contributed by atoms with Crippen molar-refractivity contribution in [3.05, 3.63) is 59.1 Å². The molecule has 0 spiro atoms. The summed E-state index contributed by atoms with van der Waals surface area (Å²) in [4.78, 5) is 0. The van der Waals surface area contributed by atoms with Crippen LogP contribution in [0.3, 0.4) is 0 Å². The van der Waals surface area contributed by atoms with E-state index in [2.05, 4.69) is 30.1 Å². The SMILES string of the molecule is CC(C)c1ccccc1OC[C@H](O)CSc1nnc(-c2ccc(Cl)cc2)n1C. The summed E-state index contributed by atoms with van der Waals surface area (Å²) in [6.07, 6.45) is -0.610.